The zero-order chi connectivity index (χ0) is 16.0. The van der Waals surface area contributed by atoms with Crippen LogP contribution < -0.4 is 5.32 Å². The maximum absolute atomic E-state index is 12.5. The van der Waals surface area contributed by atoms with Crippen molar-refractivity contribution < 1.29 is 19.5 Å². The van der Waals surface area contributed by atoms with Crippen LogP contribution in [0.15, 0.2) is 17.5 Å². The molecule has 2 amide bonds. The number of hydrogen-bond acceptors (Lipinski definition) is 4. The predicted molar refractivity (Wildman–Crippen MR) is 80.2 cm³/mol. The first-order valence-electron chi connectivity index (χ1n) is 6.65. The van der Waals surface area contributed by atoms with Gasteiger partial charge in [0, 0.05) is 24.9 Å². The number of nitrogens with one attached hydrogen (secondary N) is 1. The van der Waals surface area contributed by atoms with E-state index in [0.29, 0.717) is 0 Å². The molecule has 0 saturated carbocycles. The van der Waals surface area contributed by atoms with Gasteiger partial charge >= 0.3 is 5.97 Å². The second kappa shape index (κ2) is 7.78. The molecule has 0 saturated heterocycles. The molecule has 1 aromatic heterocycles. The molecule has 0 aromatic carbocycles. The van der Waals surface area contributed by atoms with E-state index >= 15 is 0 Å². The maximum atomic E-state index is 12.5. The molecule has 0 aliphatic carbocycles. The highest BCUT2D eigenvalue weighted by molar-refractivity contribution is 7.10. The Balaban J connectivity index is 2.81. The number of carbonyl (C=O) groups is 3. The molecule has 1 heterocycles. The molecule has 0 radical (unpaired) electrons. The summed E-state index contributed by atoms with van der Waals surface area (Å²) in [6, 6.07) is 2.77. The summed E-state index contributed by atoms with van der Waals surface area (Å²) < 4.78 is 0. The Bertz CT molecular complexity index is 501. The van der Waals surface area contributed by atoms with E-state index in [2.05, 4.69) is 5.32 Å². The lowest BCUT2D eigenvalue weighted by Gasteiger charge is -2.29. The number of carboxylic acids is 1. The molecule has 0 spiro atoms. The average molecular weight is 312 g/mol. The van der Waals surface area contributed by atoms with Crippen molar-refractivity contribution in [2.24, 2.45) is 0 Å². The first kappa shape index (κ1) is 17.2. The number of nitrogens with zero attached hydrogens (tertiary/aromatic N) is 1. The van der Waals surface area contributed by atoms with E-state index in [1.54, 1.807) is 6.92 Å². The van der Waals surface area contributed by atoms with Gasteiger partial charge in [0.25, 0.3) is 0 Å². The SMILES string of the molecule is CC(=O)NCCN(C(=O)C(C)c1cccs1)C(C)C(=O)O. The Hall–Kier alpha value is -1.89. The summed E-state index contributed by atoms with van der Waals surface area (Å²) in [5.41, 5.74) is 0. The fraction of sp³-hybridized carbons (Fsp3) is 0.500. The number of carboxylic acid groups (broad SMARTS) is 1. The van der Waals surface area contributed by atoms with Gasteiger partial charge in [0.1, 0.15) is 6.04 Å². The van der Waals surface area contributed by atoms with Crippen LogP contribution in [0.5, 0.6) is 0 Å². The van der Waals surface area contributed by atoms with E-state index in [1.165, 1.54) is 30.1 Å². The normalized spacial score (nSPS) is 13.3. The van der Waals surface area contributed by atoms with Gasteiger partial charge < -0.3 is 15.3 Å². The van der Waals surface area contributed by atoms with E-state index in [0.717, 1.165) is 4.88 Å². The van der Waals surface area contributed by atoms with Crippen LogP contribution in [-0.4, -0.2) is 46.9 Å². The molecular formula is C14H20N2O4S. The number of aliphatic carboxylic acids is 1. The third kappa shape index (κ3) is 4.86. The molecule has 116 valence electrons. The molecule has 2 unspecified atom stereocenters. The summed E-state index contributed by atoms with van der Waals surface area (Å²) in [5.74, 6) is -1.93. The minimum atomic E-state index is -1.07. The minimum absolute atomic E-state index is 0.168. The smallest absolute Gasteiger partial charge is 0.326 e. The average Bonchev–Trinajstić information content (AvgIpc) is 2.95. The standard InChI is InChI=1S/C14H20N2O4S/c1-9(12-5-4-8-21-12)13(18)16(10(2)14(19)20)7-6-15-11(3)17/h4-5,8-10H,6-7H2,1-3H3,(H,15,17)(H,19,20). The number of amides is 2. The first-order valence-corrected chi connectivity index (χ1v) is 7.53. The van der Waals surface area contributed by atoms with Gasteiger partial charge in [0.05, 0.1) is 5.92 Å². The highest BCUT2D eigenvalue weighted by atomic mass is 32.1. The third-order valence-electron chi connectivity index (χ3n) is 3.18. The summed E-state index contributed by atoms with van der Waals surface area (Å²) in [5, 5.41) is 13.6. The number of carbonyl (C=O) groups excluding carboxylic acids is 2. The molecular weight excluding hydrogens is 292 g/mol. The van der Waals surface area contributed by atoms with E-state index < -0.39 is 17.9 Å². The number of hydrogen-bond donors (Lipinski definition) is 2. The molecule has 0 bridgehead atoms. The molecule has 1 aromatic rings. The van der Waals surface area contributed by atoms with Gasteiger partial charge in [-0.05, 0) is 25.3 Å². The van der Waals surface area contributed by atoms with E-state index in [-0.39, 0.29) is 24.9 Å². The zero-order valence-corrected chi connectivity index (χ0v) is 13.1. The van der Waals surface area contributed by atoms with Crippen LogP contribution in [0.25, 0.3) is 0 Å². The van der Waals surface area contributed by atoms with Crippen LogP contribution in [-0.2, 0) is 14.4 Å². The molecule has 6 nitrogen and oxygen atoms in total. The van der Waals surface area contributed by atoms with E-state index in [4.69, 9.17) is 5.11 Å². The largest absolute Gasteiger partial charge is 0.480 e. The molecule has 2 N–H and O–H groups in total. The van der Waals surface area contributed by atoms with Gasteiger partial charge in [-0.3, -0.25) is 9.59 Å². The molecule has 0 aliphatic rings. The molecule has 0 fully saturated rings. The molecule has 0 aliphatic heterocycles. The summed E-state index contributed by atoms with van der Waals surface area (Å²) in [4.78, 5) is 36.8. The van der Waals surface area contributed by atoms with Crippen molar-refractivity contribution in [3.05, 3.63) is 22.4 Å². The lowest BCUT2D eigenvalue weighted by Crippen LogP contribution is -2.48. The predicted octanol–water partition coefficient (Wildman–Crippen LogP) is 1.29. The Labute approximate surface area is 127 Å². The second-order valence-corrected chi connectivity index (χ2v) is 5.75. The van der Waals surface area contributed by atoms with Crippen molar-refractivity contribution in [2.45, 2.75) is 32.7 Å². The van der Waals surface area contributed by atoms with Gasteiger partial charge in [-0.25, -0.2) is 4.79 Å². The van der Waals surface area contributed by atoms with Crippen molar-refractivity contribution in [2.75, 3.05) is 13.1 Å². The Morgan fingerprint density at radius 3 is 2.52 bits per heavy atom. The van der Waals surface area contributed by atoms with Crippen molar-refractivity contribution in [1.82, 2.24) is 10.2 Å². The summed E-state index contributed by atoms with van der Waals surface area (Å²) in [6.07, 6.45) is 0. The first-order chi connectivity index (χ1) is 9.84. The Kier molecular flexibility index (Phi) is 6.36. The number of rotatable bonds is 7. The Morgan fingerprint density at radius 1 is 1.38 bits per heavy atom. The van der Waals surface area contributed by atoms with Crippen molar-refractivity contribution in [1.29, 1.82) is 0 Å². The van der Waals surface area contributed by atoms with Crippen LogP contribution in [0.1, 0.15) is 31.6 Å². The van der Waals surface area contributed by atoms with Crippen molar-refractivity contribution in [3.63, 3.8) is 0 Å². The van der Waals surface area contributed by atoms with Crippen LogP contribution in [0.2, 0.25) is 0 Å². The summed E-state index contributed by atoms with van der Waals surface area (Å²) in [6.45, 7) is 5.00. The summed E-state index contributed by atoms with van der Waals surface area (Å²) >= 11 is 1.46. The molecule has 21 heavy (non-hydrogen) atoms. The minimum Gasteiger partial charge on any atom is -0.480 e. The van der Waals surface area contributed by atoms with E-state index in [9.17, 15) is 14.4 Å². The topological polar surface area (TPSA) is 86.7 Å². The highest BCUT2D eigenvalue weighted by Crippen LogP contribution is 2.23. The van der Waals surface area contributed by atoms with Gasteiger partial charge in [-0.1, -0.05) is 6.07 Å². The summed E-state index contributed by atoms with van der Waals surface area (Å²) in [7, 11) is 0. The van der Waals surface area contributed by atoms with Gasteiger partial charge in [0.15, 0.2) is 0 Å². The Morgan fingerprint density at radius 2 is 2.05 bits per heavy atom. The second-order valence-electron chi connectivity index (χ2n) is 4.77. The van der Waals surface area contributed by atoms with Gasteiger partial charge in [-0.15, -0.1) is 11.3 Å². The lowest BCUT2D eigenvalue weighted by atomic mass is 10.1. The highest BCUT2D eigenvalue weighted by Gasteiger charge is 2.29. The van der Waals surface area contributed by atoms with Crippen LogP contribution in [0.4, 0.5) is 0 Å². The molecule has 7 heteroatoms. The lowest BCUT2D eigenvalue weighted by molar-refractivity contribution is -0.149. The molecule has 1 rings (SSSR count). The van der Waals surface area contributed by atoms with Gasteiger partial charge in [-0.2, -0.15) is 0 Å². The van der Waals surface area contributed by atoms with Gasteiger partial charge in [0.2, 0.25) is 11.8 Å². The maximum Gasteiger partial charge on any atom is 0.326 e. The van der Waals surface area contributed by atoms with Crippen molar-refractivity contribution >= 4 is 29.1 Å². The van der Waals surface area contributed by atoms with Crippen LogP contribution in [0.3, 0.4) is 0 Å². The quantitative estimate of drug-likeness (QED) is 0.794. The zero-order valence-electron chi connectivity index (χ0n) is 12.3. The monoisotopic (exact) mass is 312 g/mol. The fourth-order valence-electron chi connectivity index (χ4n) is 1.89. The fourth-order valence-corrected chi connectivity index (χ4v) is 2.66. The van der Waals surface area contributed by atoms with Crippen LogP contribution >= 0.6 is 11.3 Å². The number of thiophene rings is 1. The third-order valence-corrected chi connectivity index (χ3v) is 4.23. The van der Waals surface area contributed by atoms with Crippen molar-refractivity contribution in [3.8, 4) is 0 Å². The van der Waals surface area contributed by atoms with Crippen LogP contribution in [0, 0.1) is 0 Å². The van der Waals surface area contributed by atoms with E-state index in [1.807, 2.05) is 17.5 Å². The molecule has 2 atom stereocenters.